The van der Waals surface area contributed by atoms with Crippen LogP contribution in [0, 0.1) is 0 Å². The van der Waals surface area contributed by atoms with Gasteiger partial charge in [-0.05, 0) is 6.42 Å². The normalized spacial score (nSPS) is 25.5. The smallest absolute Gasteiger partial charge is 0.345 e. The van der Waals surface area contributed by atoms with Gasteiger partial charge in [0.1, 0.15) is 47.6 Å². The van der Waals surface area contributed by atoms with Crippen LogP contribution >= 0.6 is 0 Å². The van der Waals surface area contributed by atoms with Crippen LogP contribution in [-0.4, -0.2) is 72.0 Å². The van der Waals surface area contributed by atoms with Crippen molar-refractivity contribution in [1.82, 2.24) is 0 Å². The standard InChI is InChI=1S/C25H42O10/c1-4-5-6-7-8-9-10-11-12-17(19-13-18(31-2)16(14-26)24(30)33-19)34-25-22(29)21(28)23(32-3)20(15-27)35-25/h13,17,20-23,25-29H,4-12,14-15H2,1-3H3/t17-,20+,21+,22+,23+,25+/m0/s1. The Hall–Kier alpha value is -1.53. The average Bonchev–Trinajstić information content (AvgIpc) is 2.86. The molecular formula is C25H42O10. The van der Waals surface area contributed by atoms with Crippen LogP contribution in [0.25, 0.3) is 0 Å². The highest BCUT2D eigenvalue weighted by molar-refractivity contribution is 5.31. The summed E-state index contributed by atoms with van der Waals surface area (Å²) >= 11 is 0. The second-order valence-corrected chi connectivity index (χ2v) is 8.94. The lowest BCUT2D eigenvalue weighted by Gasteiger charge is -2.42. The molecule has 2 heterocycles. The molecule has 0 spiro atoms. The van der Waals surface area contributed by atoms with Crippen molar-refractivity contribution in [3.05, 3.63) is 27.8 Å². The summed E-state index contributed by atoms with van der Waals surface area (Å²) in [4.78, 5) is 12.4. The van der Waals surface area contributed by atoms with Crippen molar-refractivity contribution < 1.29 is 43.8 Å². The molecule has 10 nitrogen and oxygen atoms in total. The van der Waals surface area contributed by atoms with Crippen molar-refractivity contribution in [3.63, 3.8) is 0 Å². The van der Waals surface area contributed by atoms with Gasteiger partial charge in [-0.25, -0.2) is 4.79 Å². The summed E-state index contributed by atoms with van der Waals surface area (Å²) in [6, 6.07) is 1.48. The molecule has 0 saturated carbocycles. The van der Waals surface area contributed by atoms with Gasteiger partial charge in [0.15, 0.2) is 6.29 Å². The highest BCUT2D eigenvalue weighted by Crippen LogP contribution is 2.33. The number of rotatable bonds is 16. The van der Waals surface area contributed by atoms with Crippen LogP contribution in [0.1, 0.15) is 82.1 Å². The van der Waals surface area contributed by atoms with Gasteiger partial charge in [-0.1, -0.05) is 58.3 Å². The Kier molecular flexibility index (Phi) is 13.2. The summed E-state index contributed by atoms with van der Waals surface area (Å²) in [6.45, 7) is 1.20. The molecule has 0 amide bonds. The molecule has 0 aliphatic carbocycles. The third kappa shape index (κ3) is 8.24. The van der Waals surface area contributed by atoms with Crippen LogP contribution in [-0.2, 0) is 20.8 Å². The molecule has 1 aliphatic rings. The van der Waals surface area contributed by atoms with E-state index >= 15 is 0 Å². The molecule has 0 aromatic carbocycles. The fourth-order valence-corrected chi connectivity index (χ4v) is 4.36. The van der Waals surface area contributed by atoms with Crippen molar-refractivity contribution in [2.45, 2.75) is 108 Å². The van der Waals surface area contributed by atoms with E-state index in [4.69, 9.17) is 23.4 Å². The first-order valence-corrected chi connectivity index (χ1v) is 12.5. The van der Waals surface area contributed by atoms with Crippen molar-refractivity contribution >= 4 is 0 Å². The Morgan fingerprint density at radius 1 is 1.00 bits per heavy atom. The number of aliphatic hydroxyl groups is 4. The predicted molar refractivity (Wildman–Crippen MR) is 127 cm³/mol. The second kappa shape index (κ2) is 15.6. The number of unbranched alkanes of at least 4 members (excludes halogenated alkanes) is 7. The van der Waals surface area contributed by atoms with Crippen molar-refractivity contribution in [1.29, 1.82) is 0 Å². The summed E-state index contributed by atoms with van der Waals surface area (Å²) in [5.41, 5.74) is -0.751. The molecule has 35 heavy (non-hydrogen) atoms. The van der Waals surface area contributed by atoms with Gasteiger partial charge in [-0.3, -0.25) is 0 Å². The van der Waals surface area contributed by atoms with E-state index in [1.807, 2.05) is 0 Å². The van der Waals surface area contributed by atoms with E-state index in [-0.39, 0.29) is 17.1 Å². The number of methoxy groups -OCH3 is 2. The molecule has 0 unspecified atom stereocenters. The van der Waals surface area contributed by atoms with Gasteiger partial charge in [-0.15, -0.1) is 0 Å². The summed E-state index contributed by atoms with van der Waals surface area (Å²) < 4.78 is 27.6. The Labute approximate surface area is 206 Å². The Morgan fingerprint density at radius 2 is 1.66 bits per heavy atom. The minimum absolute atomic E-state index is 0.00488. The topological polar surface area (TPSA) is 148 Å². The monoisotopic (exact) mass is 502 g/mol. The van der Waals surface area contributed by atoms with Crippen molar-refractivity contribution in [2.24, 2.45) is 0 Å². The molecule has 10 heteroatoms. The summed E-state index contributed by atoms with van der Waals surface area (Å²) in [7, 11) is 2.73. The molecule has 202 valence electrons. The molecular weight excluding hydrogens is 460 g/mol. The molecule has 0 bridgehead atoms. The second-order valence-electron chi connectivity index (χ2n) is 8.94. The molecule has 1 aromatic heterocycles. The fourth-order valence-electron chi connectivity index (χ4n) is 4.36. The first-order chi connectivity index (χ1) is 16.9. The van der Waals surface area contributed by atoms with Gasteiger partial charge in [-0.2, -0.15) is 0 Å². The maximum absolute atomic E-state index is 12.4. The molecule has 2 rings (SSSR count). The Morgan fingerprint density at radius 3 is 2.23 bits per heavy atom. The van der Waals surface area contributed by atoms with Gasteiger partial charge in [0.2, 0.25) is 0 Å². The molecule has 1 aromatic rings. The highest BCUT2D eigenvalue weighted by atomic mass is 16.7. The first-order valence-electron chi connectivity index (χ1n) is 12.5. The lowest BCUT2D eigenvalue weighted by atomic mass is 9.98. The largest absolute Gasteiger partial charge is 0.496 e. The van der Waals surface area contributed by atoms with Crippen LogP contribution in [0.5, 0.6) is 5.75 Å². The van der Waals surface area contributed by atoms with E-state index in [1.165, 1.54) is 46.0 Å². The highest BCUT2D eigenvalue weighted by Gasteiger charge is 2.46. The summed E-state index contributed by atoms with van der Waals surface area (Å²) in [5, 5.41) is 40.2. The summed E-state index contributed by atoms with van der Waals surface area (Å²) in [5.74, 6) is 0.327. The number of hydrogen-bond acceptors (Lipinski definition) is 10. The third-order valence-electron chi connectivity index (χ3n) is 6.43. The van der Waals surface area contributed by atoms with E-state index in [0.29, 0.717) is 6.42 Å². The van der Waals surface area contributed by atoms with Crippen molar-refractivity contribution in [3.8, 4) is 5.75 Å². The maximum Gasteiger partial charge on any atom is 0.345 e. The van der Waals surface area contributed by atoms with E-state index in [9.17, 15) is 25.2 Å². The van der Waals surface area contributed by atoms with E-state index < -0.39 is 55.6 Å². The van der Waals surface area contributed by atoms with Gasteiger partial charge < -0.3 is 43.8 Å². The molecule has 1 saturated heterocycles. The third-order valence-corrected chi connectivity index (χ3v) is 6.43. The van der Waals surface area contributed by atoms with E-state index in [0.717, 1.165) is 25.7 Å². The number of aliphatic hydroxyl groups excluding tert-OH is 4. The SMILES string of the molecule is CCCCCCCCCC[C@H](O[C@@H]1O[C@H](CO)[C@@H](OC)[C@H](O)[C@H]1O)c1cc(OC)c(CO)c(=O)o1. The Bertz CT molecular complexity index is 780. The van der Waals surface area contributed by atoms with Crippen LogP contribution in [0.3, 0.4) is 0 Å². The van der Waals surface area contributed by atoms with Gasteiger partial charge in [0.05, 0.1) is 20.3 Å². The lowest BCUT2D eigenvalue weighted by Crippen LogP contribution is -2.59. The number of hydrogen-bond donors (Lipinski definition) is 4. The molecule has 6 atom stereocenters. The van der Waals surface area contributed by atoms with Gasteiger partial charge >= 0.3 is 5.63 Å². The predicted octanol–water partition coefficient (Wildman–Crippen LogP) is 2.18. The minimum atomic E-state index is -1.45. The average molecular weight is 503 g/mol. The molecule has 4 N–H and O–H groups in total. The zero-order valence-electron chi connectivity index (χ0n) is 21.1. The van der Waals surface area contributed by atoms with Gasteiger partial charge in [0.25, 0.3) is 0 Å². The minimum Gasteiger partial charge on any atom is -0.496 e. The zero-order valence-corrected chi connectivity index (χ0v) is 21.1. The van der Waals surface area contributed by atoms with Crippen LogP contribution < -0.4 is 10.4 Å². The Balaban J connectivity index is 2.16. The van der Waals surface area contributed by atoms with Crippen LogP contribution in [0.2, 0.25) is 0 Å². The van der Waals surface area contributed by atoms with Crippen LogP contribution in [0.4, 0.5) is 0 Å². The molecule has 1 fully saturated rings. The van der Waals surface area contributed by atoms with Crippen LogP contribution in [0.15, 0.2) is 15.3 Å². The quantitative estimate of drug-likeness (QED) is 0.248. The van der Waals surface area contributed by atoms with E-state index in [2.05, 4.69) is 6.92 Å². The maximum atomic E-state index is 12.4. The van der Waals surface area contributed by atoms with Gasteiger partial charge in [0, 0.05) is 13.2 Å². The van der Waals surface area contributed by atoms with Crippen molar-refractivity contribution in [2.75, 3.05) is 20.8 Å². The summed E-state index contributed by atoms with van der Waals surface area (Å²) in [6.07, 6.45) is 2.54. The van der Waals surface area contributed by atoms with E-state index in [1.54, 1.807) is 0 Å². The number of ether oxygens (including phenoxy) is 4. The lowest BCUT2D eigenvalue weighted by molar-refractivity contribution is -0.317. The first kappa shape index (κ1) is 29.7. The molecule has 1 aliphatic heterocycles. The fraction of sp³-hybridized carbons (Fsp3) is 0.800. The molecule has 0 radical (unpaired) electrons. The zero-order chi connectivity index (χ0) is 25.8.